The highest BCUT2D eigenvalue weighted by molar-refractivity contribution is 7.80. The van der Waals surface area contributed by atoms with Gasteiger partial charge in [0.1, 0.15) is 11.9 Å². The van der Waals surface area contributed by atoms with Crippen LogP contribution in [-0.4, -0.2) is 29.2 Å². The van der Waals surface area contributed by atoms with Crippen molar-refractivity contribution in [1.29, 1.82) is 5.26 Å². The largest absolute Gasteiger partial charge is 0.496 e. The number of hydrogen-bond donors (Lipinski definition) is 3. The Hall–Kier alpha value is -1.22. The van der Waals surface area contributed by atoms with Crippen LogP contribution in [-0.2, 0) is 0 Å². The zero-order valence-corrected chi connectivity index (χ0v) is 9.69. The van der Waals surface area contributed by atoms with Crippen molar-refractivity contribution in [3.63, 3.8) is 0 Å². The fraction of sp³-hybridized carbons (Fsp3) is 0.364. The number of thiol groups is 1. The van der Waals surface area contributed by atoms with Crippen molar-refractivity contribution in [2.75, 3.05) is 12.9 Å². The van der Waals surface area contributed by atoms with Crippen LogP contribution in [0, 0.1) is 11.3 Å². The van der Waals surface area contributed by atoms with E-state index in [4.69, 9.17) is 10.00 Å². The second-order valence-electron chi connectivity index (χ2n) is 3.26. The van der Waals surface area contributed by atoms with Gasteiger partial charge in [-0.2, -0.15) is 17.9 Å². The Morgan fingerprint density at radius 1 is 1.50 bits per heavy atom. The Morgan fingerprint density at radius 2 is 2.19 bits per heavy atom. The molecule has 5 heteroatoms. The smallest absolute Gasteiger partial charge is 0.124 e. The molecule has 16 heavy (non-hydrogen) atoms. The Balaban J connectivity index is 3.14. The Bertz CT molecular complexity index is 403. The van der Waals surface area contributed by atoms with Crippen molar-refractivity contribution < 1.29 is 14.9 Å². The number of ether oxygens (including phenoxy) is 1. The lowest BCUT2D eigenvalue weighted by Crippen LogP contribution is -2.20. The van der Waals surface area contributed by atoms with Gasteiger partial charge in [-0.3, -0.25) is 0 Å². The Kier molecular flexibility index (Phi) is 4.62. The summed E-state index contributed by atoms with van der Waals surface area (Å²) >= 11 is 3.90. The molecule has 0 spiro atoms. The average molecular weight is 239 g/mol. The van der Waals surface area contributed by atoms with E-state index in [2.05, 4.69) is 12.6 Å². The maximum Gasteiger partial charge on any atom is 0.124 e. The van der Waals surface area contributed by atoms with E-state index in [0.717, 1.165) is 0 Å². The monoisotopic (exact) mass is 239 g/mol. The van der Waals surface area contributed by atoms with Crippen LogP contribution in [0.1, 0.15) is 17.2 Å². The second-order valence-corrected chi connectivity index (χ2v) is 3.63. The number of aliphatic hydroxyl groups excluding tert-OH is 2. The highest BCUT2D eigenvalue weighted by Crippen LogP contribution is 2.28. The standard InChI is InChI=1S/C11H13NO3S/c1-15-10-3-2-7(5-12)4-8(10)11(14)9(13)6-16/h2-4,9,11,13-14,16H,6H2,1H3. The molecule has 0 saturated heterocycles. The minimum atomic E-state index is -1.11. The summed E-state index contributed by atoms with van der Waals surface area (Å²) in [6, 6.07) is 6.63. The van der Waals surface area contributed by atoms with Gasteiger partial charge in [0, 0.05) is 11.3 Å². The molecular formula is C11H13NO3S. The molecule has 0 aromatic heterocycles. The first-order valence-electron chi connectivity index (χ1n) is 4.69. The van der Waals surface area contributed by atoms with E-state index in [-0.39, 0.29) is 5.75 Å². The zero-order chi connectivity index (χ0) is 12.1. The van der Waals surface area contributed by atoms with Gasteiger partial charge in [0.25, 0.3) is 0 Å². The van der Waals surface area contributed by atoms with Gasteiger partial charge in [0.05, 0.1) is 24.8 Å². The molecule has 0 aliphatic carbocycles. The zero-order valence-electron chi connectivity index (χ0n) is 8.79. The van der Waals surface area contributed by atoms with Gasteiger partial charge in [-0.25, -0.2) is 0 Å². The molecular weight excluding hydrogens is 226 g/mol. The van der Waals surface area contributed by atoms with Crippen LogP contribution in [0.25, 0.3) is 0 Å². The number of aliphatic hydroxyl groups is 2. The van der Waals surface area contributed by atoms with Gasteiger partial charge < -0.3 is 14.9 Å². The van der Waals surface area contributed by atoms with Gasteiger partial charge in [0.15, 0.2) is 0 Å². The Labute approximate surface area is 99.5 Å². The molecule has 2 unspecified atom stereocenters. The van der Waals surface area contributed by atoms with Crippen molar-refractivity contribution in [3.05, 3.63) is 29.3 Å². The number of nitriles is 1. The van der Waals surface area contributed by atoms with E-state index in [0.29, 0.717) is 16.9 Å². The Morgan fingerprint density at radius 3 is 2.69 bits per heavy atom. The maximum absolute atomic E-state index is 9.83. The van der Waals surface area contributed by atoms with E-state index in [1.54, 1.807) is 12.1 Å². The molecule has 2 N–H and O–H groups in total. The third-order valence-corrected chi connectivity index (χ3v) is 2.60. The SMILES string of the molecule is COc1ccc(C#N)cc1C(O)C(O)CS. The normalized spacial score (nSPS) is 13.9. The van der Waals surface area contributed by atoms with Gasteiger partial charge >= 0.3 is 0 Å². The summed E-state index contributed by atoms with van der Waals surface area (Å²) < 4.78 is 5.06. The molecule has 2 atom stereocenters. The molecule has 0 aliphatic rings. The fourth-order valence-electron chi connectivity index (χ4n) is 1.34. The third-order valence-electron chi connectivity index (χ3n) is 2.23. The number of benzene rings is 1. The first kappa shape index (κ1) is 12.8. The molecule has 86 valence electrons. The van der Waals surface area contributed by atoms with Crippen LogP contribution in [0.3, 0.4) is 0 Å². The van der Waals surface area contributed by atoms with Gasteiger partial charge in [-0.05, 0) is 18.2 Å². The predicted octanol–water partition coefficient (Wildman–Crippen LogP) is 0.891. The third kappa shape index (κ3) is 2.67. The second kappa shape index (κ2) is 5.75. The molecule has 1 aromatic carbocycles. The van der Waals surface area contributed by atoms with Crippen molar-refractivity contribution >= 4 is 12.6 Å². The molecule has 1 rings (SSSR count). The van der Waals surface area contributed by atoms with E-state index in [1.165, 1.54) is 13.2 Å². The van der Waals surface area contributed by atoms with Crippen LogP contribution >= 0.6 is 12.6 Å². The van der Waals surface area contributed by atoms with Crippen LogP contribution in [0.15, 0.2) is 18.2 Å². The first-order chi connectivity index (χ1) is 7.63. The van der Waals surface area contributed by atoms with Gasteiger partial charge in [-0.1, -0.05) is 0 Å². The van der Waals surface area contributed by atoms with Crippen LogP contribution < -0.4 is 4.74 Å². The number of rotatable bonds is 4. The van der Waals surface area contributed by atoms with E-state index < -0.39 is 12.2 Å². The molecule has 0 saturated carbocycles. The van der Waals surface area contributed by atoms with E-state index in [1.807, 2.05) is 6.07 Å². The number of nitrogens with zero attached hydrogens (tertiary/aromatic N) is 1. The summed E-state index contributed by atoms with van der Waals surface area (Å²) in [7, 11) is 1.46. The minimum Gasteiger partial charge on any atom is -0.496 e. The number of methoxy groups -OCH3 is 1. The molecule has 0 bridgehead atoms. The fourth-order valence-corrected chi connectivity index (χ4v) is 1.54. The molecule has 4 nitrogen and oxygen atoms in total. The number of hydrogen-bond acceptors (Lipinski definition) is 5. The molecule has 0 aliphatic heterocycles. The van der Waals surface area contributed by atoms with Crippen molar-refractivity contribution in [1.82, 2.24) is 0 Å². The van der Waals surface area contributed by atoms with Crippen LogP contribution in [0.2, 0.25) is 0 Å². The van der Waals surface area contributed by atoms with E-state index >= 15 is 0 Å². The topological polar surface area (TPSA) is 73.5 Å². The molecule has 0 amide bonds. The van der Waals surface area contributed by atoms with Crippen LogP contribution in [0.5, 0.6) is 5.75 Å². The molecule has 1 aromatic rings. The lowest BCUT2D eigenvalue weighted by molar-refractivity contribution is 0.0322. The van der Waals surface area contributed by atoms with Crippen molar-refractivity contribution in [2.45, 2.75) is 12.2 Å². The molecule has 0 radical (unpaired) electrons. The highest BCUT2D eigenvalue weighted by Gasteiger charge is 2.21. The minimum absolute atomic E-state index is 0.126. The maximum atomic E-state index is 9.83. The molecule has 0 heterocycles. The van der Waals surface area contributed by atoms with Crippen molar-refractivity contribution in [3.8, 4) is 11.8 Å². The lowest BCUT2D eigenvalue weighted by Gasteiger charge is -2.18. The first-order valence-corrected chi connectivity index (χ1v) is 5.32. The van der Waals surface area contributed by atoms with E-state index in [9.17, 15) is 10.2 Å². The van der Waals surface area contributed by atoms with Crippen LogP contribution in [0.4, 0.5) is 0 Å². The summed E-state index contributed by atoms with van der Waals surface area (Å²) in [6.45, 7) is 0. The highest BCUT2D eigenvalue weighted by atomic mass is 32.1. The summed E-state index contributed by atoms with van der Waals surface area (Å²) in [5.74, 6) is 0.563. The lowest BCUT2D eigenvalue weighted by atomic mass is 10.0. The summed E-state index contributed by atoms with van der Waals surface area (Å²) in [5, 5.41) is 28.1. The summed E-state index contributed by atoms with van der Waals surface area (Å²) in [5.41, 5.74) is 0.796. The van der Waals surface area contributed by atoms with Crippen molar-refractivity contribution in [2.24, 2.45) is 0 Å². The quantitative estimate of drug-likeness (QED) is 0.682. The predicted molar refractivity (Wildman–Crippen MR) is 62.5 cm³/mol. The summed E-state index contributed by atoms with van der Waals surface area (Å²) in [4.78, 5) is 0. The average Bonchev–Trinajstić information content (AvgIpc) is 2.35. The van der Waals surface area contributed by atoms with Gasteiger partial charge in [-0.15, -0.1) is 0 Å². The summed E-state index contributed by atoms with van der Waals surface area (Å²) in [6.07, 6.45) is -2.10. The van der Waals surface area contributed by atoms with Gasteiger partial charge in [0.2, 0.25) is 0 Å². The molecule has 0 fully saturated rings.